The van der Waals surface area contributed by atoms with Gasteiger partial charge in [-0.25, -0.2) is 0 Å². The molecule has 21 heavy (non-hydrogen) atoms. The molecule has 0 unspecified atom stereocenters. The van der Waals surface area contributed by atoms with Gasteiger partial charge in [-0.1, -0.05) is 38.1 Å². The van der Waals surface area contributed by atoms with Gasteiger partial charge in [0.05, 0.1) is 4.92 Å². The molecule has 0 atom stereocenters. The van der Waals surface area contributed by atoms with Crippen LogP contribution in [-0.2, 0) is 6.54 Å². The lowest BCUT2D eigenvalue weighted by Gasteiger charge is -2.10. The molecule has 4 nitrogen and oxygen atoms in total. The summed E-state index contributed by atoms with van der Waals surface area (Å²) in [6.45, 7) is 4.43. The minimum absolute atomic E-state index is 0.203. The predicted octanol–water partition coefficient (Wildman–Crippen LogP) is 4.47. The van der Waals surface area contributed by atoms with Crippen LogP contribution >= 0.6 is 0 Å². The van der Waals surface area contributed by atoms with Crippen LogP contribution in [-0.4, -0.2) is 4.92 Å². The Morgan fingerprint density at radius 1 is 1.19 bits per heavy atom. The predicted molar refractivity (Wildman–Crippen MR) is 80.9 cm³/mol. The maximum absolute atomic E-state index is 13.9. The molecule has 0 amide bonds. The minimum Gasteiger partial charge on any atom is -0.381 e. The quantitative estimate of drug-likeness (QED) is 0.652. The molecule has 0 saturated carbocycles. The summed E-state index contributed by atoms with van der Waals surface area (Å²) < 4.78 is 13.9. The van der Waals surface area contributed by atoms with E-state index in [1.807, 2.05) is 24.3 Å². The highest BCUT2D eigenvalue weighted by atomic mass is 19.1. The monoisotopic (exact) mass is 288 g/mol. The molecule has 0 spiro atoms. The maximum Gasteiger partial charge on any atom is 0.305 e. The first-order chi connectivity index (χ1) is 9.99. The molecule has 2 aromatic carbocycles. The minimum atomic E-state index is -0.784. The van der Waals surface area contributed by atoms with E-state index in [2.05, 4.69) is 19.2 Å². The molecule has 0 aliphatic rings. The van der Waals surface area contributed by atoms with Gasteiger partial charge in [0.15, 0.2) is 0 Å². The van der Waals surface area contributed by atoms with Gasteiger partial charge in [0.2, 0.25) is 5.82 Å². The highest BCUT2D eigenvalue weighted by Crippen LogP contribution is 2.22. The van der Waals surface area contributed by atoms with Crippen LogP contribution in [0.25, 0.3) is 0 Å². The number of anilines is 1. The topological polar surface area (TPSA) is 55.2 Å². The van der Waals surface area contributed by atoms with Gasteiger partial charge >= 0.3 is 5.69 Å². The van der Waals surface area contributed by atoms with Crippen LogP contribution < -0.4 is 5.32 Å². The summed E-state index contributed by atoms with van der Waals surface area (Å²) >= 11 is 0. The summed E-state index contributed by atoms with van der Waals surface area (Å²) in [5, 5.41) is 13.8. The second kappa shape index (κ2) is 6.35. The van der Waals surface area contributed by atoms with E-state index in [0.717, 1.165) is 11.8 Å². The standard InChI is InChI=1S/C16H17FN2O2/c1-11(2)12-6-8-14(9-7-12)18-10-13-4-3-5-15(16(13)17)19(20)21/h3-9,11,18H,10H2,1-2H3. The Morgan fingerprint density at radius 2 is 1.86 bits per heavy atom. The Bertz CT molecular complexity index is 639. The van der Waals surface area contributed by atoms with Crippen molar-refractivity contribution in [2.24, 2.45) is 0 Å². The molecule has 0 aliphatic heterocycles. The number of halogens is 1. The van der Waals surface area contributed by atoms with Gasteiger partial charge in [-0.15, -0.1) is 0 Å². The van der Waals surface area contributed by atoms with Gasteiger partial charge in [-0.2, -0.15) is 4.39 Å². The Hall–Kier alpha value is -2.43. The summed E-state index contributed by atoms with van der Waals surface area (Å²) in [6.07, 6.45) is 0. The second-order valence-corrected chi connectivity index (χ2v) is 5.14. The number of nitrogens with one attached hydrogen (secondary N) is 1. The van der Waals surface area contributed by atoms with Crippen LogP contribution in [0.5, 0.6) is 0 Å². The summed E-state index contributed by atoms with van der Waals surface area (Å²) in [7, 11) is 0. The molecule has 5 heteroatoms. The zero-order valence-electron chi connectivity index (χ0n) is 12.0. The zero-order chi connectivity index (χ0) is 15.4. The fourth-order valence-corrected chi connectivity index (χ4v) is 2.03. The lowest BCUT2D eigenvalue weighted by Crippen LogP contribution is -2.04. The van der Waals surface area contributed by atoms with E-state index < -0.39 is 16.4 Å². The first-order valence-corrected chi connectivity index (χ1v) is 6.74. The fraction of sp³-hybridized carbons (Fsp3) is 0.250. The van der Waals surface area contributed by atoms with Crippen molar-refractivity contribution in [2.45, 2.75) is 26.3 Å². The van der Waals surface area contributed by atoms with E-state index in [1.165, 1.54) is 17.7 Å². The van der Waals surface area contributed by atoms with Crippen molar-refractivity contribution >= 4 is 11.4 Å². The van der Waals surface area contributed by atoms with Gasteiger partial charge in [0, 0.05) is 23.9 Å². The normalized spacial score (nSPS) is 10.7. The van der Waals surface area contributed by atoms with Crippen LogP contribution in [0.4, 0.5) is 15.8 Å². The smallest absolute Gasteiger partial charge is 0.305 e. The van der Waals surface area contributed by atoms with Gasteiger partial charge in [-0.3, -0.25) is 10.1 Å². The second-order valence-electron chi connectivity index (χ2n) is 5.14. The average molecular weight is 288 g/mol. The van der Waals surface area contributed by atoms with E-state index in [0.29, 0.717) is 5.92 Å². The summed E-state index contributed by atoms with van der Waals surface area (Å²) in [5.41, 5.74) is 1.86. The van der Waals surface area contributed by atoms with Crippen LogP contribution in [0.3, 0.4) is 0 Å². The Morgan fingerprint density at radius 3 is 2.43 bits per heavy atom. The number of rotatable bonds is 5. The van der Waals surface area contributed by atoms with Crippen molar-refractivity contribution in [1.29, 1.82) is 0 Å². The number of nitro benzene ring substituents is 1. The number of hydrogen-bond donors (Lipinski definition) is 1. The van der Waals surface area contributed by atoms with Crippen molar-refractivity contribution in [3.05, 3.63) is 69.5 Å². The van der Waals surface area contributed by atoms with E-state index in [9.17, 15) is 14.5 Å². The highest BCUT2D eigenvalue weighted by molar-refractivity contribution is 5.46. The number of hydrogen-bond acceptors (Lipinski definition) is 3. The van der Waals surface area contributed by atoms with Crippen LogP contribution in [0, 0.1) is 15.9 Å². The van der Waals surface area contributed by atoms with E-state index in [-0.39, 0.29) is 12.1 Å². The molecule has 0 heterocycles. The van der Waals surface area contributed by atoms with Crippen molar-refractivity contribution in [2.75, 3.05) is 5.32 Å². The summed E-state index contributed by atoms with van der Waals surface area (Å²) in [4.78, 5) is 9.98. The number of nitro groups is 1. The molecule has 2 aromatic rings. The van der Waals surface area contributed by atoms with Gasteiger partial charge in [-0.05, 0) is 23.6 Å². The third kappa shape index (κ3) is 3.56. The third-order valence-corrected chi connectivity index (χ3v) is 3.32. The molecule has 2 rings (SSSR count). The number of nitrogens with zero attached hydrogens (tertiary/aromatic N) is 1. The molecule has 0 radical (unpaired) electrons. The van der Waals surface area contributed by atoms with Crippen molar-refractivity contribution in [3.63, 3.8) is 0 Å². The Balaban J connectivity index is 2.09. The number of benzene rings is 2. The lowest BCUT2D eigenvalue weighted by molar-refractivity contribution is -0.387. The van der Waals surface area contributed by atoms with E-state index in [4.69, 9.17) is 0 Å². The van der Waals surface area contributed by atoms with Crippen molar-refractivity contribution in [1.82, 2.24) is 0 Å². The highest BCUT2D eigenvalue weighted by Gasteiger charge is 2.16. The van der Waals surface area contributed by atoms with Crippen LogP contribution in [0.2, 0.25) is 0 Å². The average Bonchev–Trinajstić information content (AvgIpc) is 2.46. The third-order valence-electron chi connectivity index (χ3n) is 3.32. The molecule has 0 saturated heterocycles. The molecule has 1 N–H and O–H groups in total. The van der Waals surface area contributed by atoms with Crippen LogP contribution in [0.1, 0.15) is 30.9 Å². The van der Waals surface area contributed by atoms with Crippen molar-refractivity contribution in [3.8, 4) is 0 Å². The van der Waals surface area contributed by atoms with Crippen LogP contribution in [0.15, 0.2) is 42.5 Å². The van der Waals surface area contributed by atoms with E-state index in [1.54, 1.807) is 0 Å². The Labute approximate surface area is 122 Å². The van der Waals surface area contributed by atoms with Crippen molar-refractivity contribution < 1.29 is 9.31 Å². The molecular formula is C16H17FN2O2. The van der Waals surface area contributed by atoms with E-state index >= 15 is 0 Å². The van der Waals surface area contributed by atoms with Gasteiger partial charge in [0.25, 0.3) is 0 Å². The molecular weight excluding hydrogens is 271 g/mol. The first-order valence-electron chi connectivity index (χ1n) is 6.74. The van der Waals surface area contributed by atoms with Gasteiger partial charge in [0.1, 0.15) is 0 Å². The summed E-state index contributed by atoms with van der Waals surface area (Å²) in [5.74, 6) is -0.331. The SMILES string of the molecule is CC(C)c1ccc(NCc2cccc([N+](=O)[O-])c2F)cc1. The fourth-order valence-electron chi connectivity index (χ4n) is 2.03. The van der Waals surface area contributed by atoms with Gasteiger partial charge < -0.3 is 5.32 Å². The first kappa shape index (κ1) is 15.0. The lowest BCUT2D eigenvalue weighted by atomic mass is 10.0. The molecule has 0 fully saturated rings. The molecule has 0 aromatic heterocycles. The molecule has 0 aliphatic carbocycles. The largest absolute Gasteiger partial charge is 0.381 e. The molecule has 110 valence electrons. The zero-order valence-corrected chi connectivity index (χ0v) is 12.0. The Kier molecular flexibility index (Phi) is 4.52. The molecule has 0 bridgehead atoms. The summed E-state index contributed by atoms with van der Waals surface area (Å²) in [6, 6.07) is 12.1. The maximum atomic E-state index is 13.9.